The van der Waals surface area contributed by atoms with Crippen LogP contribution in [0.4, 0.5) is 0 Å². The Labute approximate surface area is 243 Å². The van der Waals surface area contributed by atoms with Crippen molar-refractivity contribution in [1.29, 1.82) is 0 Å². The van der Waals surface area contributed by atoms with E-state index in [0.717, 1.165) is 59.9 Å². The summed E-state index contributed by atoms with van der Waals surface area (Å²) < 4.78 is 0. The van der Waals surface area contributed by atoms with E-state index in [-0.39, 0.29) is 0 Å². The van der Waals surface area contributed by atoms with Crippen molar-refractivity contribution in [3.63, 3.8) is 0 Å². The van der Waals surface area contributed by atoms with Crippen LogP contribution >= 0.6 is 0 Å². The Morgan fingerprint density at radius 3 is 1.32 bits per heavy atom. The molecule has 0 bridgehead atoms. The van der Waals surface area contributed by atoms with E-state index in [2.05, 4.69) is 31.1 Å². The average molecular weight is 551 g/mol. The summed E-state index contributed by atoms with van der Waals surface area (Å²) >= 11 is 0. The van der Waals surface area contributed by atoms with Gasteiger partial charge in [0.05, 0.1) is 0 Å². The van der Waals surface area contributed by atoms with Crippen molar-refractivity contribution in [2.75, 3.05) is 26.2 Å². The van der Waals surface area contributed by atoms with Gasteiger partial charge in [0.15, 0.2) is 0 Å². The van der Waals surface area contributed by atoms with Crippen LogP contribution in [0.2, 0.25) is 0 Å². The zero-order valence-corrected chi connectivity index (χ0v) is 25.1. The van der Waals surface area contributed by atoms with Gasteiger partial charge in [-0.2, -0.15) is 0 Å². The van der Waals surface area contributed by atoms with Crippen molar-refractivity contribution >= 4 is 0 Å². The molecule has 9 aliphatic rings. The third kappa shape index (κ3) is 4.01. The number of likely N-dealkylation sites (tertiary alicyclic amines) is 2. The molecule has 0 radical (unpaired) electrons. The molecule has 4 N–H and O–H groups in total. The first kappa shape index (κ1) is 26.2. The Bertz CT molecular complexity index is 837. The third-order valence-electron chi connectivity index (χ3n) is 14.5. The average Bonchev–Trinajstić information content (AvgIpc) is 3.53. The second-order valence-corrected chi connectivity index (χ2v) is 15.9. The number of fused-ring (bicyclic) bond motifs is 9. The molecule has 6 saturated heterocycles. The standard InChI is InChI=1S/C34H58N6/c1-3-11-25-21(7-1)31-27(39(25)29-15-19-35-23-9-5-17-37-33(23)29)13-14-28-32(31)22-8-2-4-12-26(22)40(28)30-16-20-36-24-10-6-18-38-34(24)30/h21-38H,1-20H2. The largest absolute Gasteiger partial charge is 0.312 e. The molecule has 224 valence electrons. The number of nitrogens with one attached hydrogen (secondary N) is 4. The van der Waals surface area contributed by atoms with E-state index < -0.39 is 0 Å². The van der Waals surface area contributed by atoms with E-state index in [0.29, 0.717) is 24.2 Å². The molecule has 9 rings (SSSR count). The fourth-order valence-electron chi connectivity index (χ4n) is 13.4. The Morgan fingerprint density at radius 1 is 0.350 bits per heavy atom. The van der Waals surface area contributed by atoms with Crippen LogP contribution < -0.4 is 21.3 Å². The van der Waals surface area contributed by atoms with E-state index in [1.807, 2.05) is 0 Å². The first-order valence-electron chi connectivity index (χ1n) is 18.4. The van der Waals surface area contributed by atoms with Crippen molar-refractivity contribution in [3.8, 4) is 0 Å². The first-order valence-corrected chi connectivity index (χ1v) is 18.4. The van der Waals surface area contributed by atoms with Gasteiger partial charge in [-0.3, -0.25) is 9.80 Å². The third-order valence-corrected chi connectivity index (χ3v) is 14.5. The molecule has 6 nitrogen and oxygen atoms in total. The van der Waals surface area contributed by atoms with E-state index in [1.165, 1.54) is 129 Å². The highest BCUT2D eigenvalue weighted by molar-refractivity contribution is 5.18. The van der Waals surface area contributed by atoms with Gasteiger partial charge in [-0.15, -0.1) is 0 Å². The molecule has 0 amide bonds. The topological polar surface area (TPSA) is 54.6 Å². The number of hydrogen-bond donors (Lipinski definition) is 4. The van der Waals surface area contributed by atoms with Crippen molar-refractivity contribution in [1.82, 2.24) is 31.1 Å². The van der Waals surface area contributed by atoms with E-state index in [1.54, 1.807) is 0 Å². The van der Waals surface area contributed by atoms with Crippen LogP contribution in [0.3, 0.4) is 0 Å². The van der Waals surface area contributed by atoms with Crippen LogP contribution in [-0.2, 0) is 0 Å². The zero-order chi connectivity index (χ0) is 26.2. The maximum atomic E-state index is 4.08. The second kappa shape index (κ2) is 10.7. The highest BCUT2D eigenvalue weighted by atomic mass is 15.3. The summed E-state index contributed by atoms with van der Waals surface area (Å²) in [5.74, 6) is 3.93. The van der Waals surface area contributed by atoms with Crippen LogP contribution in [0, 0.1) is 23.7 Å². The zero-order valence-electron chi connectivity index (χ0n) is 25.1. The highest BCUT2D eigenvalue weighted by Crippen LogP contribution is 2.60. The van der Waals surface area contributed by atoms with Gasteiger partial charge in [0.2, 0.25) is 0 Å². The molecule has 6 heteroatoms. The molecular formula is C34H58N6. The Morgan fingerprint density at radius 2 is 0.825 bits per heavy atom. The molecule has 6 aliphatic heterocycles. The number of hydrogen-bond acceptors (Lipinski definition) is 6. The van der Waals surface area contributed by atoms with Crippen molar-refractivity contribution in [3.05, 3.63) is 0 Å². The predicted octanol–water partition coefficient (Wildman–Crippen LogP) is 3.46. The predicted molar refractivity (Wildman–Crippen MR) is 161 cm³/mol. The fraction of sp³-hybridized carbons (Fsp3) is 1.00. The number of rotatable bonds is 2. The van der Waals surface area contributed by atoms with Crippen LogP contribution in [0.15, 0.2) is 0 Å². The Balaban J connectivity index is 1.06. The summed E-state index contributed by atoms with van der Waals surface area (Å²) in [7, 11) is 0. The molecule has 6 heterocycles. The SMILES string of the molecule is C1CNC2C(C1)NCCC2N1C2CCCCC2C2C3C4CCCCC4N(C4CCNC5CCCNC54)C3CCC21. The fourth-order valence-corrected chi connectivity index (χ4v) is 13.4. The minimum absolute atomic E-state index is 0.688. The minimum Gasteiger partial charge on any atom is -0.312 e. The van der Waals surface area contributed by atoms with Gasteiger partial charge in [-0.05, 0) is 127 Å². The molecule has 0 aromatic rings. The first-order chi connectivity index (χ1) is 19.9. The monoisotopic (exact) mass is 550 g/mol. The highest BCUT2D eigenvalue weighted by Gasteiger charge is 2.64. The molecule has 40 heavy (non-hydrogen) atoms. The summed E-state index contributed by atoms with van der Waals surface area (Å²) in [6.45, 7) is 4.97. The van der Waals surface area contributed by atoms with Crippen molar-refractivity contribution < 1.29 is 0 Å². The van der Waals surface area contributed by atoms with Crippen LogP contribution in [0.1, 0.15) is 103 Å². The lowest BCUT2D eigenvalue weighted by Crippen LogP contribution is -2.68. The van der Waals surface area contributed by atoms with Gasteiger partial charge in [0, 0.05) is 60.4 Å². The van der Waals surface area contributed by atoms with E-state index in [4.69, 9.17) is 0 Å². The van der Waals surface area contributed by atoms with Crippen molar-refractivity contribution in [2.24, 2.45) is 23.7 Å². The van der Waals surface area contributed by atoms with Crippen molar-refractivity contribution in [2.45, 2.75) is 163 Å². The lowest BCUT2D eigenvalue weighted by Gasteiger charge is -2.52. The van der Waals surface area contributed by atoms with Gasteiger partial charge in [-0.25, -0.2) is 0 Å². The molecule has 0 spiro atoms. The van der Waals surface area contributed by atoms with Crippen LogP contribution in [0.25, 0.3) is 0 Å². The van der Waals surface area contributed by atoms with Gasteiger partial charge >= 0.3 is 0 Å². The molecule has 9 fully saturated rings. The minimum atomic E-state index is 0.688. The Hall–Kier alpha value is -0.240. The summed E-state index contributed by atoms with van der Waals surface area (Å²) in [6.07, 6.45) is 23.3. The van der Waals surface area contributed by atoms with Crippen LogP contribution in [0.5, 0.6) is 0 Å². The van der Waals surface area contributed by atoms with Gasteiger partial charge in [0.25, 0.3) is 0 Å². The van der Waals surface area contributed by atoms with Gasteiger partial charge in [-0.1, -0.05) is 25.7 Å². The van der Waals surface area contributed by atoms with Gasteiger partial charge in [0.1, 0.15) is 0 Å². The Kier molecular flexibility index (Phi) is 7.03. The lowest BCUT2D eigenvalue weighted by molar-refractivity contribution is -0.00308. The normalized spacial score (nSPS) is 54.9. The maximum absolute atomic E-state index is 4.08. The smallest absolute Gasteiger partial charge is 0.0378 e. The lowest BCUT2D eigenvalue weighted by atomic mass is 9.61. The second-order valence-electron chi connectivity index (χ2n) is 15.9. The number of piperidine rings is 4. The van der Waals surface area contributed by atoms with Crippen LogP contribution in [-0.4, -0.2) is 96.4 Å². The maximum Gasteiger partial charge on any atom is 0.0378 e. The summed E-state index contributed by atoms with van der Waals surface area (Å²) in [6, 6.07) is 7.87. The number of nitrogens with zero attached hydrogens (tertiary/aromatic N) is 2. The molecule has 3 saturated carbocycles. The van der Waals surface area contributed by atoms with E-state index in [9.17, 15) is 0 Å². The summed E-state index contributed by atoms with van der Waals surface area (Å²) in [5.41, 5.74) is 0. The molecular weight excluding hydrogens is 492 g/mol. The quantitative estimate of drug-likeness (QED) is 0.423. The molecule has 14 atom stereocenters. The molecule has 0 aromatic carbocycles. The van der Waals surface area contributed by atoms with Gasteiger partial charge < -0.3 is 21.3 Å². The summed E-state index contributed by atoms with van der Waals surface area (Å²) in [5, 5.41) is 16.1. The molecule has 0 aromatic heterocycles. The van der Waals surface area contributed by atoms with E-state index >= 15 is 0 Å². The molecule has 14 unspecified atom stereocenters. The molecule has 3 aliphatic carbocycles. The summed E-state index contributed by atoms with van der Waals surface area (Å²) in [4.78, 5) is 6.57.